The van der Waals surface area contributed by atoms with Gasteiger partial charge in [0.1, 0.15) is 12.4 Å². The number of hydrogen-bond acceptors (Lipinski definition) is 3. The lowest BCUT2D eigenvalue weighted by atomic mass is 10.1. The molecule has 0 unspecified atom stereocenters. The SMILES string of the molecule is O=c1cccc(-c2ccc3c(c2)NCCO3)[nH]1. The van der Waals surface area contributed by atoms with E-state index < -0.39 is 0 Å². The normalized spacial score (nSPS) is 13.4. The molecule has 2 aromatic rings. The van der Waals surface area contributed by atoms with Crippen LogP contribution in [0.15, 0.2) is 41.2 Å². The van der Waals surface area contributed by atoms with Crippen LogP contribution in [0.1, 0.15) is 0 Å². The van der Waals surface area contributed by atoms with E-state index in [1.54, 1.807) is 6.07 Å². The Labute approximate surface area is 98.3 Å². The van der Waals surface area contributed by atoms with Gasteiger partial charge in [0.15, 0.2) is 0 Å². The van der Waals surface area contributed by atoms with Crippen molar-refractivity contribution in [3.63, 3.8) is 0 Å². The molecule has 0 atom stereocenters. The largest absolute Gasteiger partial charge is 0.490 e. The van der Waals surface area contributed by atoms with Crippen molar-refractivity contribution in [2.75, 3.05) is 18.5 Å². The van der Waals surface area contributed by atoms with Gasteiger partial charge in [-0.15, -0.1) is 0 Å². The number of rotatable bonds is 1. The van der Waals surface area contributed by atoms with E-state index in [1.165, 1.54) is 6.07 Å². The van der Waals surface area contributed by atoms with Crippen LogP contribution in [0, 0.1) is 0 Å². The molecule has 0 fully saturated rings. The summed E-state index contributed by atoms with van der Waals surface area (Å²) >= 11 is 0. The van der Waals surface area contributed by atoms with Crippen molar-refractivity contribution in [3.8, 4) is 17.0 Å². The first-order chi connectivity index (χ1) is 8.33. The smallest absolute Gasteiger partial charge is 0.248 e. The third kappa shape index (κ3) is 1.89. The molecule has 0 saturated heterocycles. The van der Waals surface area contributed by atoms with Crippen molar-refractivity contribution in [2.45, 2.75) is 0 Å². The molecule has 1 aliphatic rings. The monoisotopic (exact) mass is 228 g/mol. The first-order valence-corrected chi connectivity index (χ1v) is 5.53. The predicted molar refractivity (Wildman–Crippen MR) is 66.5 cm³/mol. The van der Waals surface area contributed by atoms with Gasteiger partial charge >= 0.3 is 0 Å². The molecule has 4 nitrogen and oxygen atoms in total. The van der Waals surface area contributed by atoms with Crippen LogP contribution < -0.4 is 15.6 Å². The maximum Gasteiger partial charge on any atom is 0.248 e. The molecular formula is C13H12N2O2. The third-order valence-corrected chi connectivity index (χ3v) is 2.73. The summed E-state index contributed by atoms with van der Waals surface area (Å²) in [5, 5.41) is 3.27. The highest BCUT2D eigenvalue weighted by molar-refractivity contribution is 5.70. The van der Waals surface area contributed by atoms with Crippen LogP contribution in [0.25, 0.3) is 11.3 Å². The van der Waals surface area contributed by atoms with Crippen LogP contribution in [0.4, 0.5) is 5.69 Å². The summed E-state index contributed by atoms with van der Waals surface area (Å²) in [5.74, 6) is 0.860. The number of pyridine rings is 1. The van der Waals surface area contributed by atoms with E-state index in [4.69, 9.17) is 4.74 Å². The number of H-pyrrole nitrogens is 1. The van der Waals surface area contributed by atoms with E-state index in [1.807, 2.05) is 24.3 Å². The topological polar surface area (TPSA) is 54.1 Å². The summed E-state index contributed by atoms with van der Waals surface area (Å²) in [6.07, 6.45) is 0. The lowest BCUT2D eigenvalue weighted by Crippen LogP contribution is -2.17. The molecule has 17 heavy (non-hydrogen) atoms. The van der Waals surface area contributed by atoms with Crippen molar-refractivity contribution in [3.05, 3.63) is 46.8 Å². The number of aromatic nitrogens is 1. The highest BCUT2D eigenvalue weighted by atomic mass is 16.5. The van der Waals surface area contributed by atoms with Crippen LogP contribution in [-0.4, -0.2) is 18.1 Å². The average molecular weight is 228 g/mol. The lowest BCUT2D eigenvalue weighted by molar-refractivity contribution is 0.323. The van der Waals surface area contributed by atoms with Gasteiger partial charge in [0, 0.05) is 23.9 Å². The number of anilines is 1. The summed E-state index contributed by atoms with van der Waals surface area (Å²) < 4.78 is 5.50. The molecule has 2 N–H and O–H groups in total. The minimum atomic E-state index is -0.0931. The van der Waals surface area contributed by atoms with Gasteiger partial charge in [0.05, 0.1) is 5.69 Å². The predicted octanol–water partition coefficient (Wildman–Crippen LogP) is 1.85. The first-order valence-electron chi connectivity index (χ1n) is 5.53. The molecule has 0 bridgehead atoms. The van der Waals surface area contributed by atoms with Gasteiger partial charge < -0.3 is 15.0 Å². The van der Waals surface area contributed by atoms with Crippen LogP contribution in [0.5, 0.6) is 5.75 Å². The van der Waals surface area contributed by atoms with Crippen LogP contribution >= 0.6 is 0 Å². The van der Waals surface area contributed by atoms with Crippen molar-refractivity contribution >= 4 is 5.69 Å². The Balaban J connectivity index is 2.07. The maximum absolute atomic E-state index is 11.3. The molecule has 1 aliphatic heterocycles. The first kappa shape index (κ1) is 9.96. The van der Waals surface area contributed by atoms with Crippen molar-refractivity contribution in [2.24, 2.45) is 0 Å². The number of aromatic amines is 1. The summed E-state index contributed by atoms with van der Waals surface area (Å²) in [6.45, 7) is 1.50. The zero-order valence-electron chi connectivity index (χ0n) is 9.19. The quantitative estimate of drug-likeness (QED) is 0.783. The van der Waals surface area contributed by atoms with Gasteiger partial charge in [-0.25, -0.2) is 0 Å². The van der Waals surface area contributed by atoms with Crippen molar-refractivity contribution in [1.82, 2.24) is 4.98 Å². The Morgan fingerprint density at radius 1 is 1.18 bits per heavy atom. The van der Waals surface area contributed by atoms with E-state index in [9.17, 15) is 4.79 Å². The molecule has 86 valence electrons. The molecule has 0 aliphatic carbocycles. The minimum absolute atomic E-state index is 0.0931. The van der Waals surface area contributed by atoms with Gasteiger partial charge in [-0.1, -0.05) is 6.07 Å². The molecule has 3 rings (SSSR count). The average Bonchev–Trinajstić information content (AvgIpc) is 2.38. The van der Waals surface area contributed by atoms with Crippen LogP contribution in [0.3, 0.4) is 0 Å². The molecule has 0 saturated carbocycles. The molecule has 2 heterocycles. The minimum Gasteiger partial charge on any atom is -0.490 e. The van der Waals surface area contributed by atoms with Gasteiger partial charge in [-0.3, -0.25) is 4.79 Å². The number of hydrogen-bond donors (Lipinski definition) is 2. The lowest BCUT2D eigenvalue weighted by Gasteiger charge is -2.19. The van der Waals surface area contributed by atoms with E-state index in [0.717, 1.165) is 29.2 Å². The molecule has 0 amide bonds. The van der Waals surface area contributed by atoms with E-state index >= 15 is 0 Å². The summed E-state index contributed by atoms with van der Waals surface area (Å²) in [6, 6.07) is 11.0. The highest BCUT2D eigenvalue weighted by Gasteiger charge is 2.10. The number of fused-ring (bicyclic) bond motifs is 1. The van der Waals surface area contributed by atoms with Crippen LogP contribution in [-0.2, 0) is 0 Å². The molecule has 4 heteroatoms. The van der Waals surface area contributed by atoms with Gasteiger partial charge in [0.25, 0.3) is 0 Å². The second-order valence-electron chi connectivity index (χ2n) is 3.91. The van der Waals surface area contributed by atoms with Crippen LogP contribution in [0.2, 0.25) is 0 Å². The summed E-state index contributed by atoms with van der Waals surface area (Å²) in [4.78, 5) is 14.1. The van der Waals surface area contributed by atoms with E-state index in [0.29, 0.717) is 6.61 Å². The molecule has 1 aromatic heterocycles. The fourth-order valence-electron chi connectivity index (χ4n) is 1.92. The fraction of sp³-hybridized carbons (Fsp3) is 0.154. The van der Waals surface area contributed by atoms with Crippen molar-refractivity contribution < 1.29 is 4.74 Å². The van der Waals surface area contributed by atoms with Crippen molar-refractivity contribution in [1.29, 1.82) is 0 Å². The molecule has 0 spiro atoms. The Bertz CT molecular complexity index is 604. The fourth-order valence-corrected chi connectivity index (χ4v) is 1.92. The third-order valence-electron chi connectivity index (χ3n) is 2.73. The second kappa shape index (κ2) is 3.97. The Morgan fingerprint density at radius 2 is 2.12 bits per heavy atom. The number of nitrogens with one attached hydrogen (secondary N) is 2. The highest BCUT2D eigenvalue weighted by Crippen LogP contribution is 2.31. The summed E-state index contributed by atoms with van der Waals surface area (Å²) in [7, 11) is 0. The second-order valence-corrected chi connectivity index (χ2v) is 3.91. The maximum atomic E-state index is 11.3. The van der Waals surface area contributed by atoms with Gasteiger partial charge in [-0.2, -0.15) is 0 Å². The number of ether oxygens (including phenoxy) is 1. The summed E-state index contributed by atoms with van der Waals surface area (Å²) in [5.41, 5.74) is 2.66. The van der Waals surface area contributed by atoms with E-state index in [2.05, 4.69) is 10.3 Å². The molecule has 0 radical (unpaired) electrons. The molecule has 1 aromatic carbocycles. The van der Waals surface area contributed by atoms with E-state index in [-0.39, 0.29) is 5.56 Å². The van der Waals surface area contributed by atoms with Gasteiger partial charge in [0.2, 0.25) is 5.56 Å². The molecular weight excluding hydrogens is 216 g/mol. The Morgan fingerprint density at radius 3 is 3.00 bits per heavy atom. The zero-order chi connectivity index (χ0) is 11.7. The number of benzene rings is 1. The van der Waals surface area contributed by atoms with Gasteiger partial charge in [-0.05, 0) is 24.3 Å². The standard InChI is InChI=1S/C13H12N2O2/c16-13-3-1-2-10(15-13)9-4-5-12-11(8-9)14-6-7-17-12/h1-5,8,14H,6-7H2,(H,15,16). The Kier molecular flexibility index (Phi) is 2.33. The zero-order valence-corrected chi connectivity index (χ0v) is 9.19. The Hall–Kier alpha value is -2.23.